The van der Waals surface area contributed by atoms with E-state index >= 15 is 0 Å². The van der Waals surface area contributed by atoms with E-state index in [4.69, 9.17) is 0 Å². The van der Waals surface area contributed by atoms with Crippen molar-refractivity contribution in [1.29, 1.82) is 0 Å². The van der Waals surface area contributed by atoms with Crippen LogP contribution in [0.4, 0.5) is 0 Å². The molecule has 0 aromatic rings. The maximum Gasteiger partial charge on any atom is 0.0351 e. The molecule has 3 heteroatoms. The second-order valence-corrected chi connectivity index (χ2v) is 2.13. The molecular formula is C6H19NOS. The van der Waals surface area contributed by atoms with Crippen molar-refractivity contribution in [3.05, 3.63) is 0 Å². The molecule has 0 radical (unpaired) electrons. The van der Waals surface area contributed by atoms with Gasteiger partial charge in [-0.1, -0.05) is 0 Å². The predicted octanol–water partition coefficient (Wildman–Crippen LogP) is 1.08. The zero-order valence-corrected chi connectivity index (χ0v) is 8.13. The monoisotopic (exact) mass is 153 g/mol. The number of rotatable bonds is 0. The Balaban J connectivity index is -0.0000000600. The number of hydrogen-bond acceptors (Lipinski definition) is 3. The van der Waals surface area contributed by atoms with Gasteiger partial charge in [-0.25, -0.2) is 0 Å². The molecule has 0 fully saturated rings. The first-order valence-corrected chi connectivity index (χ1v) is 4.27. The predicted molar refractivity (Wildman–Crippen MR) is 47.4 cm³/mol. The minimum atomic E-state index is 1.62. The highest BCUT2D eigenvalue weighted by Crippen LogP contribution is 1.70. The first-order chi connectivity index (χ1) is 4.24. The van der Waals surface area contributed by atoms with Crippen molar-refractivity contribution in [2.45, 2.75) is 0 Å². The molecule has 0 aromatic heterocycles. The zero-order chi connectivity index (χ0) is 8.12. The van der Waals surface area contributed by atoms with Crippen molar-refractivity contribution >= 4 is 11.8 Å². The molecule has 0 rings (SSSR count). The third kappa shape index (κ3) is 4460. The lowest BCUT2D eigenvalue weighted by Gasteiger charge is -1.61. The number of thioether (sulfide) groups is 1. The smallest absolute Gasteiger partial charge is 0.0351 e. The molecule has 60 valence electrons. The Morgan fingerprint density at radius 2 is 1.11 bits per heavy atom. The Bertz CT molecular complexity index is 17.8. The summed E-state index contributed by atoms with van der Waals surface area (Å²) in [7, 11) is 7.00. The molecule has 9 heavy (non-hydrogen) atoms. The van der Waals surface area contributed by atoms with Gasteiger partial charge in [0.15, 0.2) is 0 Å². The maximum atomic E-state index is 4.25. The number of methoxy groups -OCH3 is 1. The third-order valence-corrected chi connectivity index (χ3v) is 0. The Kier molecular flexibility index (Phi) is 73.2. The van der Waals surface area contributed by atoms with Crippen LogP contribution < -0.4 is 5.32 Å². The highest BCUT2D eigenvalue weighted by molar-refractivity contribution is 7.97. The fourth-order valence-corrected chi connectivity index (χ4v) is 0. The lowest BCUT2D eigenvalue weighted by molar-refractivity contribution is 0.277. The summed E-state index contributed by atoms with van der Waals surface area (Å²) in [5.41, 5.74) is 0. The van der Waals surface area contributed by atoms with E-state index in [1.165, 1.54) is 0 Å². The van der Waals surface area contributed by atoms with Crippen molar-refractivity contribution in [3.8, 4) is 0 Å². The average Bonchev–Trinajstić information content (AvgIpc) is 1.70. The van der Waals surface area contributed by atoms with E-state index in [9.17, 15) is 0 Å². The first kappa shape index (κ1) is 16.1. The summed E-state index contributed by atoms with van der Waals surface area (Å²) in [6, 6.07) is 0. The number of hydrogen-bond donors (Lipinski definition) is 1. The Morgan fingerprint density at radius 3 is 1.11 bits per heavy atom. The summed E-state index contributed by atoms with van der Waals surface area (Å²) in [6.07, 6.45) is 4.08. The van der Waals surface area contributed by atoms with Crippen molar-refractivity contribution in [3.63, 3.8) is 0 Å². The molecule has 0 aliphatic heterocycles. The molecule has 0 aromatic carbocycles. The largest absolute Gasteiger partial charge is 0.388 e. The van der Waals surface area contributed by atoms with E-state index in [0.29, 0.717) is 0 Å². The maximum absolute atomic E-state index is 4.25. The molecule has 0 bridgehead atoms. The lowest BCUT2D eigenvalue weighted by Crippen LogP contribution is -1.89. The lowest BCUT2D eigenvalue weighted by atomic mass is 11.3. The minimum Gasteiger partial charge on any atom is -0.388 e. The zero-order valence-electron chi connectivity index (χ0n) is 7.32. The van der Waals surface area contributed by atoms with Crippen molar-refractivity contribution in [2.24, 2.45) is 0 Å². The molecular weight excluding hydrogens is 134 g/mol. The van der Waals surface area contributed by atoms with Gasteiger partial charge in [0, 0.05) is 14.2 Å². The van der Waals surface area contributed by atoms with Gasteiger partial charge in [-0.2, -0.15) is 11.8 Å². The van der Waals surface area contributed by atoms with E-state index in [0.717, 1.165) is 0 Å². The summed E-state index contributed by atoms with van der Waals surface area (Å²) < 4.78 is 4.25. The Hall–Kier alpha value is 0.270. The van der Waals surface area contributed by atoms with Crippen LogP contribution >= 0.6 is 11.8 Å². The van der Waals surface area contributed by atoms with Crippen molar-refractivity contribution in [2.75, 3.05) is 40.8 Å². The van der Waals surface area contributed by atoms with E-state index in [1.807, 2.05) is 26.6 Å². The topological polar surface area (TPSA) is 21.3 Å². The van der Waals surface area contributed by atoms with Gasteiger partial charge in [0.25, 0.3) is 0 Å². The SMILES string of the molecule is CNC.COC.CSC. The van der Waals surface area contributed by atoms with Crippen LogP contribution in [0.1, 0.15) is 0 Å². The van der Waals surface area contributed by atoms with Gasteiger partial charge in [0.05, 0.1) is 0 Å². The summed E-state index contributed by atoms with van der Waals surface area (Å²) >= 11 is 1.75. The molecule has 0 aliphatic rings. The van der Waals surface area contributed by atoms with Gasteiger partial charge < -0.3 is 10.1 Å². The summed E-state index contributed by atoms with van der Waals surface area (Å²) in [5.74, 6) is 0. The number of ether oxygens (including phenoxy) is 1. The van der Waals surface area contributed by atoms with Crippen LogP contribution in [0.2, 0.25) is 0 Å². The summed E-state index contributed by atoms with van der Waals surface area (Å²) in [6.45, 7) is 0. The Labute approximate surface area is 63.4 Å². The van der Waals surface area contributed by atoms with Crippen molar-refractivity contribution in [1.82, 2.24) is 5.32 Å². The van der Waals surface area contributed by atoms with Crippen LogP contribution in [-0.2, 0) is 4.74 Å². The van der Waals surface area contributed by atoms with Crippen molar-refractivity contribution < 1.29 is 4.74 Å². The molecule has 0 saturated carbocycles. The molecule has 2 nitrogen and oxygen atoms in total. The summed E-state index contributed by atoms with van der Waals surface area (Å²) in [4.78, 5) is 0. The fourth-order valence-electron chi connectivity index (χ4n) is 0. The minimum absolute atomic E-state index is 1.62. The molecule has 1 N–H and O–H groups in total. The van der Waals surface area contributed by atoms with Gasteiger partial charge in [-0.3, -0.25) is 0 Å². The Morgan fingerprint density at radius 1 is 1.11 bits per heavy atom. The van der Waals surface area contributed by atoms with Crippen LogP contribution in [0, 0.1) is 0 Å². The first-order valence-electron chi connectivity index (χ1n) is 2.63. The quantitative estimate of drug-likeness (QED) is 0.562. The second-order valence-electron chi connectivity index (χ2n) is 1.32. The average molecular weight is 153 g/mol. The summed E-state index contributed by atoms with van der Waals surface area (Å²) in [5, 5.41) is 2.75. The highest BCUT2D eigenvalue weighted by Gasteiger charge is 1.32. The number of nitrogens with one attached hydrogen (secondary N) is 1. The van der Waals surface area contributed by atoms with Crippen LogP contribution in [0.3, 0.4) is 0 Å². The van der Waals surface area contributed by atoms with Gasteiger partial charge in [-0.15, -0.1) is 0 Å². The van der Waals surface area contributed by atoms with Crippen LogP contribution in [0.5, 0.6) is 0 Å². The fraction of sp³-hybridized carbons (Fsp3) is 1.00. The molecule has 0 unspecified atom stereocenters. The third-order valence-electron chi connectivity index (χ3n) is 0. The van der Waals surface area contributed by atoms with E-state index in [1.54, 1.807) is 26.0 Å². The molecule has 0 spiro atoms. The highest BCUT2D eigenvalue weighted by atomic mass is 32.2. The van der Waals surface area contributed by atoms with E-state index in [2.05, 4.69) is 10.1 Å². The van der Waals surface area contributed by atoms with E-state index in [-0.39, 0.29) is 0 Å². The van der Waals surface area contributed by atoms with Gasteiger partial charge in [0.1, 0.15) is 0 Å². The molecule has 0 aliphatic carbocycles. The molecule has 0 atom stereocenters. The van der Waals surface area contributed by atoms with Gasteiger partial charge in [-0.05, 0) is 26.6 Å². The van der Waals surface area contributed by atoms with Gasteiger partial charge in [0.2, 0.25) is 0 Å². The molecule has 0 saturated heterocycles. The molecule has 0 heterocycles. The van der Waals surface area contributed by atoms with Gasteiger partial charge >= 0.3 is 0 Å². The van der Waals surface area contributed by atoms with E-state index < -0.39 is 0 Å². The molecule has 0 amide bonds. The van der Waals surface area contributed by atoms with Crippen LogP contribution in [-0.4, -0.2) is 40.8 Å². The van der Waals surface area contributed by atoms with Crippen LogP contribution in [0.25, 0.3) is 0 Å². The van der Waals surface area contributed by atoms with Crippen LogP contribution in [0.15, 0.2) is 0 Å². The second kappa shape index (κ2) is 40.9. The standard InChI is InChI=1S/C2H7N.C2H6O.C2H6S/c3*1-3-2/h3H,1-2H3;2*1-2H3. The normalized spacial score (nSPS) is 6.00.